The van der Waals surface area contributed by atoms with Gasteiger partial charge in [0.1, 0.15) is 17.3 Å². The van der Waals surface area contributed by atoms with Gasteiger partial charge < -0.3 is 25.0 Å². The van der Waals surface area contributed by atoms with Crippen LogP contribution in [0.25, 0.3) is 5.65 Å². The number of ether oxygens (including phenoxy) is 1. The van der Waals surface area contributed by atoms with Crippen molar-refractivity contribution in [2.75, 3.05) is 24.8 Å². The number of hydrogen-bond acceptors (Lipinski definition) is 8. The molecular weight excluding hydrogens is 436 g/mol. The molecule has 3 aromatic rings. The summed E-state index contributed by atoms with van der Waals surface area (Å²) >= 11 is 0. The molecule has 3 aromatic heterocycles. The van der Waals surface area contributed by atoms with E-state index in [1.165, 1.54) is 0 Å². The molecule has 180 valence electrons. The summed E-state index contributed by atoms with van der Waals surface area (Å²) in [6.45, 7) is 0. The van der Waals surface area contributed by atoms with Gasteiger partial charge in [-0.1, -0.05) is 0 Å². The molecule has 0 amide bonds. The number of hydrogen-bond donors (Lipinski definition) is 3. The molecule has 5 rings (SSSR count). The topological polar surface area (TPSA) is 123 Å². The Morgan fingerprint density at radius 3 is 2.82 bits per heavy atom. The van der Waals surface area contributed by atoms with Crippen LogP contribution in [0.1, 0.15) is 54.9 Å². The highest BCUT2D eigenvalue weighted by Gasteiger charge is 2.33. The number of rotatable bonds is 8. The Morgan fingerprint density at radius 2 is 2.15 bits per heavy atom. The van der Waals surface area contributed by atoms with E-state index in [0.717, 1.165) is 25.7 Å². The Balaban J connectivity index is 1.46. The molecule has 10 nitrogen and oxygen atoms in total. The maximum absolute atomic E-state index is 13.1. The summed E-state index contributed by atoms with van der Waals surface area (Å²) in [6, 6.07) is 4.99. The van der Waals surface area contributed by atoms with E-state index in [1.54, 1.807) is 53.8 Å². The van der Waals surface area contributed by atoms with Gasteiger partial charge in [-0.05, 0) is 50.2 Å². The Bertz CT molecular complexity index is 1270. The van der Waals surface area contributed by atoms with Crippen LogP contribution >= 0.6 is 0 Å². The zero-order chi connectivity index (χ0) is 23.8. The van der Waals surface area contributed by atoms with E-state index in [4.69, 9.17) is 4.74 Å². The van der Waals surface area contributed by atoms with Gasteiger partial charge in [-0.25, -0.2) is 4.98 Å². The number of fused-ring (bicyclic) bond motifs is 1. The number of ketones is 1. The number of carbonyl (C=O) groups excluding carboxylic acids is 1. The van der Waals surface area contributed by atoms with Crippen LogP contribution in [0.15, 0.2) is 35.4 Å². The predicted octanol–water partition coefficient (Wildman–Crippen LogP) is 2.76. The third kappa shape index (κ3) is 3.97. The summed E-state index contributed by atoms with van der Waals surface area (Å²) in [6.07, 6.45) is 7.57. The molecule has 0 bridgehead atoms. The van der Waals surface area contributed by atoms with E-state index in [9.17, 15) is 14.7 Å². The molecule has 0 radical (unpaired) electrons. The monoisotopic (exact) mass is 466 g/mol. The average Bonchev–Trinajstić information content (AvgIpc) is 3.44. The molecule has 0 saturated heterocycles. The summed E-state index contributed by atoms with van der Waals surface area (Å²) in [5.74, 6) is 1.25. The smallest absolute Gasteiger partial charge is 0.274 e. The predicted molar refractivity (Wildman–Crippen MR) is 128 cm³/mol. The summed E-state index contributed by atoms with van der Waals surface area (Å²) in [4.78, 5) is 30.8. The van der Waals surface area contributed by atoms with Crippen LogP contribution in [-0.2, 0) is 4.74 Å². The highest BCUT2D eigenvalue weighted by Crippen LogP contribution is 2.34. The lowest BCUT2D eigenvalue weighted by Gasteiger charge is -2.34. The molecular formula is C24H30N6O4. The number of Topliss-reactive ketones (excluding diaryl/α,β-unsaturated/α-hetero) is 1. The fraction of sp³-hybridized carbons (Fsp3) is 0.500. The SMILES string of the molecule is CNc1cc(Nc2cccn([C@H]3CCC[C@H]3O)c2=O)nc2c(C(=O)C[C@@H]3CC[C@H]3OC)cnn12. The van der Waals surface area contributed by atoms with Gasteiger partial charge in [-0.2, -0.15) is 9.61 Å². The van der Waals surface area contributed by atoms with Crippen molar-refractivity contribution in [3.63, 3.8) is 0 Å². The Morgan fingerprint density at radius 1 is 1.29 bits per heavy atom. The van der Waals surface area contributed by atoms with Gasteiger partial charge in [-0.3, -0.25) is 9.59 Å². The fourth-order valence-corrected chi connectivity index (χ4v) is 5.08. The molecule has 0 aliphatic heterocycles. The van der Waals surface area contributed by atoms with Crippen LogP contribution in [0.5, 0.6) is 0 Å². The molecule has 3 N–H and O–H groups in total. The van der Waals surface area contributed by atoms with Crippen molar-refractivity contribution >= 4 is 28.8 Å². The zero-order valence-corrected chi connectivity index (χ0v) is 19.4. The minimum absolute atomic E-state index is 0.0225. The summed E-state index contributed by atoms with van der Waals surface area (Å²) in [5.41, 5.74) is 1.00. The van der Waals surface area contributed by atoms with E-state index in [1.807, 2.05) is 0 Å². The minimum atomic E-state index is -0.521. The quantitative estimate of drug-likeness (QED) is 0.433. The maximum atomic E-state index is 13.1. The third-order valence-electron chi connectivity index (χ3n) is 7.16. The van der Waals surface area contributed by atoms with Crippen LogP contribution in [-0.4, -0.2) is 56.4 Å². The summed E-state index contributed by atoms with van der Waals surface area (Å²) < 4.78 is 8.62. The van der Waals surface area contributed by atoms with E-state index in [-0.39, 0.29) is 29.4 Å². The van der Waals surface area contributed by atoms with E-state index < -0.39 is 6.10 Å². The number of pyridine rings is 1. The van der Waals surface area contributed by atoms with Crippen molar-refractivity contribution in [3.05, 3.63) is 46.5 Å². The second kappa shape index (κ2) is 9.19. The number of aliphatic hydroxyl groups is 1. The zero-order valence-electron chi connectivity index (χ0n) is 19.4. The van der Waals surface area contributed by atoms with Crippen LogP contribution < -0.4 is 16.2 Å². The Kier molecular flexibility index (Phi) is 6.09. The van der Waals surface area contributed by atoms with Crippen molar-refractivity contribution < 1.29 is 14.6 Å². The molecule has 2 fully saturated rings. The van der Waals surface area contributed by atoms with Crippen LogP contribution in [0.2, 0.25) is 0 Å². The van der Waals surface area contributed by atoms with Crippen LogP contribution in [0, 0.1) is 5.92 Å². The number of carbonyl (C=O) groups is 1. The molecule has 10 heteroatoms. The van der Waals surface area contributed by atoms with Gasteiger partial charge >= 0.3 is 0 Å². The van der Waals surface area contributed by atoms with Gasteiger partial charge in [0.25, 0.3) is 5.56 Å². The van der Waals surface area contributed by atoms with Crippen molar-refractivity contribution in [1.82, 2.24) is 19.2 Å². The molecule has 2 aliphatic carbocycles. The van der Waals surface area contributed by atoms with E-state index in [0.29, 0.717) is 41.4 Å². The largest absolute Gasteiger partial charge is 0.391 e. The van der Waals surface area contributed by atoms with Gasteiger partial charge in [0.2, 0.25) is 0 Å². The highest BCUT2D eigenvalue weighted by molar-refractivity contribution is 6.01. The third-order valence-corrected chi connectivity index (χ3v) is 7.16. The first-order valence-electron chi connectivity index (χ1n) is 11.8. The van der Waals surface area contributed by atoms with E-state index >= 15 is 0 Å². The lowest BCUT2D eigenvalue weighted by molar-refractivity contribution is -0.0171. The van der Waals surface area contributed by atoms with Crippen LogP contribution in [0.4, 0.5) is 17.3 Å². The van der Waals surface area contributed by atoms with Gasteiger partial charge in [0.15, 0.2) is 11.4 Å². The van der Waals surface area contributed by atoms with Crippen LogP contribution in [0.3, 0.4) is 0 Å². The normalized spacial score (nSPS) is 24.2. The van der Waals surface area contributed by atoms with E-state index in [2.05, 4.69) is 20.7 Å². The fourth-order valence-electron chi connectivity index (χ4n) is 5.08. The highest BCUT2D eigenvalue weighted by atomic mass is 16.5. The summed E-state index contributed by atoms with van der Waals surface area (Å²) in [5, 5.41) is 20.8. The first-order chi connectivity index (χ1) is 16.5. The molecule has 34 heavy (non-hydrogen) atoms. The maximum Gasteiger partial charge on any atom is 0.274 e. The first-order valence-corrected chi connectivity index (χ1v) is 11.8. The summed E-state index contributed by atoms with van der Waals surface area (Å²) in [7, 11) is 3.44. The number of aliphatic hydroxyl groups excluding tert-OH is 1. The molecule has 3 heterocycles. The number of aromatic nitrogens is 4. The Hall–Kier alpha value is -3.24. The van der Waals surface area contributed by atoms with Crippen molar-refractivity contribution in [3.8, 4) is 0 Å². The Labute approximate surface area is 197 Å². The second-order valence-corrected chi connectivity index (χ2v) is 9.13. The first kappa shape index (κ1) is 22.5. The lowest BCUT2D eigenvalue weighted by atomic mass is 9.78. The van der Waals surface area contributed by atoms with Gasteiger partial charge in [-0.15, -0.1) is 0 Å². The average molecular weight is 467 g/mol. The second-order valence-electron chi connectivity index (χ2n) is 9.13. The van der Waals surface area contributed by atoms with Crippen molar-refractivity contribution in [2.24, 2.45) is 5.92 Å². The van der Waals surface area contributed by atoms with Crippen molar-refractivity contribution in [2.45, 2.75) is 56.8 Å². The van der Waals surface area contributed by atoms with Gasteiger partial charge in [0, 0.05) is 32.8 Å². The minimum Gasteiger partial charge on any atom is -0.391 e. The number of methoxy groups -OCH3 is 1. The number of nitrogens with one attached hydrogen (secondary N) is 2. The lowest BCUT2D eigenvalue weighted by Crippen LogP contribution is -2.34. The molecule has 2 aliphatic rings. The molecule has 0 unspecified atom stereocenters. The standard InChI is InChI=1S/C24H30N6O4/c1-25-22-12-21(27-16-5-4-10-29(24(16)33)17-6-3-7-18(17)31)28-23-15(13-26-30(22)23)19(32)11-14-8-9-20(14)34-2/h4-5,10,12-14,17-18,20,25,31H,3,6-9,11H2,1-2H3,(H,27,28)/t14-,17-,18+,20+/m0/s1. The number of nitrogens with zero attached hydrogens (tertiary/aromatic N) is 4. The number of anilines is 3. The van der Waals surface area contributed by atoms with Crippen molar-refractivity contribution in [1.29, 1.82) is 0 Å². The molecule has 0 aromatic carbocycles. The molecule has 2 saturated carbocycles. The molecule has 0 spiro atoms. The van der Waals surface area contributed by atoms with Gasteiger partial charge in [0.05, 0.1) is 30.0 Å². The molecule has 4 atom stereocenters.